The van der Waals surface area contributed by atoms with E-state index in [0.29, 0.717) is 5.71 Å². The highest BCUT2D eigenvalue weighted by atomic mass is 14.8. The smallest absolute Gasteiger partial charge is 0.0965 e. The number of hydrogen-bond acceptors (Lipinski definition) is 2. The third-order valence-electron chi connectivity index (χ3n) is 7.62. The van der Waals surface area contributed by atoms with Crippen molar-refractivity contribution in [3.8, 4) is 0 Å². The van der Waals surface area contributed by atoms with Gasteiger partial charge in [-0.2, -0.15) is 0 Å². The maximum absolute atomic E-state index is 9.55. The van der Waals surface area contributed by atoms with Crippen molar-refractivity contribution >= 4 is 17.1 Å². The van der Waals surface area contributed by atoms with Crippen LogP contribution in [0.1, 0.15) is 75.4 Å². The maximum Gasteiger partial charge on any atom is 0.0965 e. The average Bonchev–Trinajstić information content (AvgIpc) is 2.78. The summed E-state index contributed by atoms with van der Waals surface area (Å²) in [5.41, 5.74) is 14.4. The van der Waals surface area contributed by atoms with Gasteiger partial charge in [0.2, 0.25) is 0 Å². The van der Waals surface area contributed by atoms with Gasteiger partial charge in [0.25, 0.3) is 0 Å². The maximum atomic E-state index is 9.55. The molecule has 172 valence electrons. The molecule has 5 rings (SSSR count). The van der Waals surface area contributed by atoms with Gasteiger partial charge in [0, 0.05) is 16.7 Å². The second-order valence-electron chi connectivity index (χ2n) is 10.7. The quantitative estimate of drug-likeness (QED) is 0.397. The fourth-order valence-electron chi connectivity index (χ4n) is 6.16. The predicted molar refractivity (Wildman–Crippen MR) is 145 cm³/mol. The summed E-state index contributed by atoms with van der Waals surface area (Å²) >= 11 is 0. The molecule has 0 saturated heterocycles. The molecule has 2 aliphatic rings. The third kappa shape index (κ3) is 3.76. The molecule has 0 fully saturated rings. The van der Waals surface area contributed by atoms with Crippen LogP contribution in [-0.4, -0.2) is 11.4 Å². The summed E-state index contributed by atoms with van der Waals surface area (Å²) in [7, 11) is 0. The first-order valence-electron chi connectivity index (χ1n) is 12.3. The lowest BCUT2D eigenvalue weighted by atomic mass is 9.69. The van der Waals surface area contributed by atoms with Crippen molar-refractivity contribution in [1.82, 2.24) is 0 Å². The Morgan fingerprint density at radius 3 is 2.29 bits per heavy atom. The Bertz CT molecular complexity index is 1380. The largest absolute Gasteiger partial charge is 0.298 e. The van der Waals surface area contributed by atoms with Crippen molar-refractivity contribution in [2.24, 2.45) is 4.99 Å². The summed E-state index contributed by atoms with van der Waals surface area (Å²) in [6.45, 7) is 13.2. The van der Waals surface area contributed by atoms with Gasteiger partial charge in [0.05, 0.1) is 17.1 Å². The molecule has 1 atom stereocenters. The second kappa shape index (κ2) is 8.20. The Labute approximate surface area is 204 Å². The summed E-state index contributed by atoms with van der Waals surface area (Å²) in [5, 5.41) is 9.55. The fraction of sp³-hybridized carbons (Fsp3) is 0.312. The first-order chi connectivity index (χ1) is 16.2. The van der Waals surface area contributed by atoms with Crippen molar-refractivity contribution in [2.45, 2.75) is 66.2 Å². The monoisotopic (exact) mass is 446 g/mol. The van der Waals surface area contributed by atoms with E-state index in [9.17, 15) is 5.41 Å². The SMILES string of the molecule is Cc1cc(C)cc(/C2=N/C3=C\C[C@](C)(CCc4cccc(C)c43)c3c(C)cc(C)cc3C2=N)c1. The number of nitrogens with one attached hydrogen (secondary N) is 1. The molecule has 0 spiro atoms. The van der Waals surface area contributed by atoms with Crippen LogP contribution in [0.15, 0.2) is 59.6 Å². The Morgan fingerprint density at radius 2 is 1.56 bits per heavy atom. The van der Waals surface area contributed by atoms with Gasteiger partial charge in [0.15, 0.2) is 0 Å². The Morgan fingerprint density at radius 1 is 0.853 bits per heavy atom. The van der Waals surface area contributed by atoms with E-state index in [4.69, 9.17) is 4.99 Å². The fourth-order valence-corrected chi connectivity index (χ4v) is 6.16. The van der Waals surface area contributed by atoms with E-state index in [1.165, 1.54) is 44.5 Å². The minimum absolute atomic E-state index is 0.0560. The lowest BCUT2D eigenvalue weighted by Gasteiger charge is -2.34. The number of aryl methyl sites for hydroxylation is 6. The molecule has 2 nitrogen and oxygen atoms in total. The Hall–Kier alpha value is -3.26. The number of allylic oxidation sites excluding steroid dienone is 1. The molecule has 2 bridgehead atoms. The van der Waals surface area contributed by atoms with Crippen LogP contribution >= 0.6 is 0 Å². The third-order valence-corrected chi connectivity index (χ3v) is 7.62. The lowest BCUT2D eigenvalue weighted by Crippen LogP contribution is -2.28. The number of fused-ring (bicyclic) bond motifs is 6. The van der Waals surface area contributed by atoms with Crippen LogP contribution in [0, 0.1) is 40.0 Å². The zero-order chi connectivity index (χ0) is 24.2. The molecule has 0 amide bonds. The van der Waals surface area contributed by atoms with Gasteiger partial charge in [-0.3, -0.25) is 5.41 Å². The molecule has 1 aliphatic heterocycles. The molecular formula is C32H34N2. The normalized spacial score (nSPS) is 22.7. The van der Waals surface area contributed by atoms with Gasteiger partial charge in [-0.1, -0.05) is 60.0 Å². The van der Waals surface area contributed by atoms with Gasteiger partial charge in [0.1, 0.15) is 0 Å². The first-order valence-corrected chi connectivity index (χ1v) is 12.3. The van der Waals surface area contributed by atoms with E-state index >= 15 is 0 Å². The average molecular weight is 447 g/mol. The summed E-state index contributed by atoms with van der Waals surface area (Å²) in [5.74, 6) is 0. The molecule has 0 saturated carbocycles. The molecule has 0 unspecified atom stereocenters. The molecule has 1 heterocycles. The van der Waals surface area contributed by atoms with Crippen LogP contribution in [-0.2, 0) is 11.8 Å². The number of rotatable bonds is 1. The number of hydrogen-bond donors (Lipinski definition) is 1. The molecule has 0 radical (unpaired) electrons. The van der Waals surface area contributed by atoms with Crippen LogP contribution in [0.4, 0.5) is 0 Å². The summed E-state index contributed by atoms with van der Waals surface area (Å²) < 4.78 is 0. The van der Waals surface area contributed by atoms with Crippen LogP contribution in [0.2, 0.25) is 0 Å². The molecule has 34 heavy (non-hydrogen) atoms. The minimum atomic E-state index is -0.0560. The number of aliphatic imine (C=N–C) groups is 1. The van der Waals surface area contributed by atoms with E-state index in [2.05, 4.69) is 96.1 Å². The zero-order valence-corrected chi connectivity index (χ0v) is 21.3. The summed E-state index contributed by atoms with van der Waals surface area (Å²) in [6, 6.07) is 17.7. The molecular weight excluding hydrogens is 412 g/mol. The van der Waals surface area contributed by atoms with Gasteiger partial charge >= 0.3 is 0 Å². The molecule has 3 aromatic rings. The second-order valence-corrected chi connectivity index (χ2v) is 10.7. The van der Waals surface area contributed by atoms with E-state index in [1.807, 2.05) is 0 Å². The van der Waals surface area contributed by atoms with E-state index in [0.717, 1.165) is 41.8 Å². The lowest BCUT2D eigenvalue weighted by molar-refractivity contribution is 0.434. The molecule has 1 aliphatic carbocycles. The number of nitrogens with zero attached hydrogens (tertiary/aromatic N) is 1. The molecule has 0 aromatic heterocycles. The Kier molecular flexibility index (Phi) is 5.43. The van der Waals surface area contributed by atoms with Crippen LogP contribution in [0.3, 0.4) is 0 Å². The van der Waals surface area contributed by atoms with Crippen molar-refractivity contribution in [1.29, 1.82) is 5.41 Å². The van der Waals surface area contributed by atoms with Gasteiger partial charge in [-0.05, 0) is 99.7 Å². The van der Waals surface area contributed by atoms with Crippen LogP contribution < -0.4 is 0 Å². The minimum Gasteiger partial charge on any atom is -0.298 e. The Balaban J connectivity index is 1.89. The first kappa shape index (κ1) is 22.5. The molecule has 3 aromatic carbocycles. The van der Waals surface area contributed by atoms with Crippen molar-refractivity contribution in [3.63, 3.8) is 0 Å². The highest BCUT2D eigenvalue weighted by Gasteiger charge is 2.35. The van der Waals surface area contributed by atoms with Crippen molar-refractivity contribution in [3.05, 3.63) is 110 Å². The number of benzene rings is 3. The van der Waals surface area contributed by atoms with Gasteiger partial charge in [-0.15, -0.1) is 0 Å². The topological polar surface area (TPSA) is 36.2 Å². The highest BCUT2D eigenvalue weighted by Crippen LogP contribution is 2.43. The molecule has 2 heteroatoms. The standard InChI is InChI=1S/C32H34N2/c1-19-14-20(2)17-25(16-19)31-30(33)26-18-21(3)15-23(5)29(26)32(6)12-10-24-9-7-8-22(4)28(24)27(34-31)11-13-32/h7-9,11,14-18,33H,10,12-13H2,1-6H3/b27-11-,33-30?,34-31-/t32-/m0/s1. The van der Waals surface area contributed by atoms with E-state index in [1.54, 1.807) is 0 Å². The van der Waals surface area contributed by atoms with E-state index < -0.39 is 0 Å². The summed E-state index contributed by atoms with van der Waals surface area (Å²) in [4.78, 5) is 5.33. The highest BCUT2D eigenvalue weighted by molar-refractivity contribution is 6.53. The van der Waals surface area contributed by atoms with Crippen molar-refractivity contribution < 1.29 is 0 Å². The summed E-state index contributed by atoms with van der Waals surface area (Å²) in [6.07, 6.45) is 5.33. The van der Waals surface area contributed by atoms with E-state index in [-0.39, 0.29) is 5.41 Å². The predicted octanol–water partition coefficient (Wildman–Crippen LogP) is 7.73. The van der Waals surface area contributed by atoms with Gasteiger partial charge < -0.3 is 0 Å². The van der Waals surface area contributed by atoms with Crippen molar-refractivity contribution in [2.75, 3.05) is 0 Å². The van der Waals surface area contributed by atoms with Crippen LogP contribution in [0.25, 0.3) is 5.70 Å². The molecule has 1 N–H and O–H groups in total. The van der Waals surface area contributed by atoms with Gasteiger partial charge in [-0.25, -0.2) is 4.99 Å². The van der Waals surface area contributed by atoms with Crippen LogP contribution in [0.5, 0.6) is 0 Å². The zero-order valence-electron chi connectivity index (χ0n) is 21.3.